The molecule has 0 atom stereocenters. The predicted octanol–water partition coefficient (Wildman–Crippen LogP) is 3.36. The molecule has 0 aliphatic rings. The molecule has 0 saturated heterocycles. The van der Waals surface area contributed by atoms with Gasteiger partial charge in [-0.25, -0.2) is 4.98 Å². The highest BCUT2D eigenvalue weighted by Gasteiger charge is 2.33. The summed E-state index contributed by atoms with van der Waals surface area (Å²) in [5, 5.41) is 0.265. The van der Waals surface area contributed by atoms with Gasteiger partial charge in [-0.2, -0.15) is 0 Å². The van der Waals surface area contributed by atoms with Gasteiger partial charge in [-0.05, 0) is 6.07 Å². The molecule has 0 saturated carbocycles. The minimum atomic E-state index is -4.72. The van der Waals surface area contributed by atoms with E-state index in [4.69, 9.17) is 0 Å². The lowest BCUT2D eigenvalue weighted by Crippen LogP contribution is -2.18. The van der Waals surface area contributed by atoms with Gasteiger partial charge in [-0.1, -0.05) is 22.0 Å². The number of rotatable bonds is 2. The summed E-state index contributed by atoms with van der Waals surface area (Å²) in [6.45, 7) is 0. The van der Waals surface area contributed by atoms with Gasteiger partial charge in [0, 0.05) is 10.9 Å². The number of H-pyrrole nitrogens is 1. The lowest BCUT2D eigenvalue weighted by Gasteiger charge is -2.12. The number of hydrogen-bond acceptors (Lipinski definition) is 2. The molecule has 0 radical (unpaired) electrons. The number of nitrogens with one attached hydrogen (secondary N) is 1. The van der Waals surface area contributed by atoms with E-state index in [1.165, 1.54) is 6.33 Å². The molecule has 3 nitrogen and oxygen atoms in total. The van der Waals surface area contributed by atoms with Crippen LogP contribution in [-0.4, -0.2) is 16.3 Å². The van der Waals surface area contributed by atoms with Crippen molar-refractivity contribution in [1.82, 2.24) is 9.97 Å². The number of fused-ring (bicyclic) bond motifs is 1. The molecule has 0 bridgehead atoms. The molecule has 86 valence electrons. The van der Waals surface area contributed by atoms with E-state index in [1.807, 2.05) is 0 Å². The first-order valence-electron chi connectivity index (χ1n) is 4.28. The summed E-state index contributed by atoms with van der Waals surface area (Å²) in [5.41, 5.74) is 1.08. The smallest absolute Gasteiger partial charge is 0.403 e. The maximum Gasteiger partial charge on any atom is 0.573 e. The Morgan fingerprint density at radius 3 is 2.75 bits per heavy atom. The van der Waals surface area contributed by atoms with Crippen LogP contribution in [0.2, 0.25) is 0 Å². The second-order valence-electron chi connectivity index (χ2n) is 3.03. The van der Waals surface area contributed by atoms with E-state index in [0.29, 0.717) is 11.1 Å². The van der Waals surface area contributed by atoms with Crippen LogP contribution in [0.1, 0.15) is 5.56 Å². The van der Waals surface area contributed by atoms with Crippen LogP contribution in [0, 0.1) is 0 Å². The van der Waals surface area contributed by atoms with Crippen LogP contribution in [0.3, 0.4) is 0 Å². The van der Waals surface area contributed by atoms with Crippen molar-refractivity contribution in [3.63, 3.8) is 0 Å². The van der Waals surface area contributed by atoms with Gasteiger partial charge in [-0.3, -0.25) is 0 Å². The molecule has 7 heteroatoms. The molecule has 1 N–H and O–H groups in total. The number of halogens is 4. The molecular weight excluding hydrogens is 289 g/mol. The van der Waals surface area contributed by atoms with Crippen molar-refractivity contribution >= 4 is 27.0 Å². The number of imidazole rings is 1. The average molecular weight is 295 g/mol. The van der Waals surface area contributed by atoms with E-state index in [9.17, 15) is 13.2 Å². The largest absolute Gasteiger partial charge is 0.573 e. The molecule has 0 unspecified atom stereocenters. The molecule has 2 rings (SSSR count). The van der Waals surface area contributed by atoms with E-state index >= 15 is 0 Å². The Labute approximate surface area is 96.7 Å². The third-order valence-corrected chi connectivity index (χ3v) is 2.59. The Balaban J connectivity index is 2.57. The van der Waals surface area contributed by atoms with Gasteiger partial charge in [0.2, 0.25) is 0 Å². The summed E-state index contributed by atoms with van der Waals surface area (Å²) in [6.07, 6.45) is -3.39. The number of aromatic amines is 1. The van der Waals surface area contributed by atoms with Crippen LogP contribution in [-0.2, 0) is 5.33 Å². The van der Waals surface area contributed by atoms with Crippen LogP contribution < -0.4 is 4.74 Å². The summed E-state index contributed by atoms with van der Waals surface area (Å²) in [4.78, 5) is 6.53. The van der Waals surface area contributed by atoms with E-state index < -0.39 is 6.36 Å². The predicted molar refractivity (Wildman–Crippen MR) is 55.4 cm³/mol. The van der Waals surface area contributed by atoms with Gasteiger partial charge >= 0.3 is 6.36 Å². The summed E-state index contributed by atoms with van der Waals surface area (Å²) in [5.74, 6) is -0.261. The van der Waals surface area contributed by atoms with E-state index in [2.05, 4.69) is 30.6 Å². The first kappa shape index (κ1) is 11.3. The highest BCUT2D eigenvalue weighted by Crippen LogP contribution is 2.33. The molecule has 1 aromatic carbocycles. The molecular formula is C9H6BrF3N2O. The van der Waals surface area contributed by atoms with Crippen molar-refractivity contribution in [1.29, 1.82) is 0 Å². The Morgan fingerprint density at radius 1 is 1.38 bits per heavy atom. The standard InChI is InChI=1S/C9H6BrF3N2O/c10-3-5-1-2-6-7(15-4-14-6)8(5)16-9(11,12)13/h1-2,4H,3H2,(H,14,15). The summed E-state index contributed by atoms with van der Waals surface area (Å²) < 4.78 is 40.6. The van der Waals surface area contributed by atoms with E-state index in [-0.39, 0.29) is 16.6 Å². The highest BCUT2D eigenvalue weighted by atomic mass is 79.9. The van der Waals surface area contributed by atoms with Gasteiger partial charge in [0.25, 0.3) is 0 Å². The Bertz CT molecular complexity index is 509. The van der Waals surface area contributed by atoms with Crippen molar-refractivity contribution in [2.45, 2.75) is 11.7 Å². The number of ether oxygens (including phenoxy) is 1. The number of alkyl halides is 4. The second-order valence-corrected chi connectivity index (χ2v) is 3.59. The summed E-state index contributed by atoms with van der Waals surface area (Å²) in [7, 11) is 0. The quantitative estimate of drug-likeness (QED) is 0.863. The van der Waals surface area contributed by atoms with Gasteiger partial charge in [0.1, 0.15) is 5.52 Å². The van der Waals surface area contributed by atoms with Gasteiger partial charge < -0.3 is 9.72 Å². The van der Waals surface area contributed by atoms with Crippen molar-refractivity contribution in [3.05, 3.63) is 24.0 Å². The zero-order valence-electron chi connectivity index (χ0n) is 7.81. The third kappa shape index (κ3) is 2.13. The molecule has 1 aromatic heterocycles. The second kappa shape index (κ2) is 3.97. The SMILES string of the molecule is FC(F)(F)Oc1c(CBr)ccc2[nH]cnc12. The van der Waals surface area contributed by atoms with E-state index in [1.54, 1.807) is 12.1 Å². The summed E-state index contributed by atoms with van der Waals surface area (Å²) in [6, 6.07) is 3.21. The Kier molecular flexibility index (Phi) is 2.79. The third-order valence-electron chi connectivity index (χ3n) is 1.99. The molecule has 1 heterocycles. The monoisotopic (exact) mass is 294 g/mol. The fraction of sp³-hybridized carbons (Fsp3) is 0.222. The maximum absolute atomic E-state index is 12.2. The van der Waals surface area contributed by atoms with Crippen molar-refractivity contribution in [2.24, 2.45) is 0 Å². The summed E-state index contributed by atoms with van der Waals surface area (Å²) >= 11 is 3.10. The lowest BCUT2D eigenvalue weighted by atomic mass is 10.2. The van der Waals surface area contributed by atoms with Crippen LogP contribution in [0.25, 0.3) is 11.0 Å². The molecule has 16 heavy (non-hydrogen) atoms. The van der Waals surface area contributed by atoms with Gasteiger partial charge in [-0.15, -0.1) is 13.2 Å². The van der Waals surface area contributed by atoms with Crippen LogP contribution >= 0.6 is 15.9 Å². The molecule has 0 aliphatic carbocycles. The zero-order valence-corrected chi connectivity index (χ0v) is 9.39. The molecule has 0 fully saturated rings. The van der Waals surface area contributed by atoms with E-state index in [0.717, 1.165) is 0 Å². The number of nitrogens with zero attached hydrogens (tertiary/aromatic N) is 1. The first-order valence-corrected chi connectivity index (χ1v) is 5.40. The fourth-order valence-corrected chi connectivity index (χ4v) is 1.80. The lowest BCUT2D eigenvalue weighted by molar-refractivity contribution is -0.274. The molecule has 0 amide bonds. The first-order chi connectivity index (χ1) is 7.51. The number of benzene rings is 1. The Morgan fingerprint density at radius 2 is 2.12 bits per heavy atom. The topological polar surface area (TPSA) is 37.9 Å². The van der Waals surface area contributed by atoms with Crippen molar-refractivity contribution < 1.29 is 17.9 Å². The van der Waals surface area contributed by atoms with Gasteiger partial charge in [0.15, 0.2) is 5.75 Å². The molecule has 0 spiro atoms. The maximum atomic E-state index is 12.2. The van der Waals surface area contributed by atoms with Crippen LogP contribution in [0.5, 0.6) is 5.75 Å². The minimum Gasteiger partial charge on any atom is -0.403 e. The van der Waals surface area contributed by atoms with Crippen LogP contribution in [0.4, 0.5) is 13.2 Å². The van der Waals surface area contributed by atoms with Crippen LogP contribution in [0.15, 0.2) is 18.5 Å². The zero-order chi connectivity index (χ0) is 11.8. The molecule has 2 aromatic rings. The number of hydrogen-bond donors (Lipinski definition) is 1. The fourth-order valence-electron chi connectivity index (χ4n) is 1.36. The molecule has 0 aliphatic heterocycles. The minimum absolute atomic E-state index is 0.175. The average Bonchev–Trinajstić information content (AvgIpc) is 2.64. The van der Waals surface area contributed by atoms with Crippen molar-refractivity contribution in [2.75, 3.05) is 0 Å². The van der Waals surface area contributed by atoms with Crippen molar-refractivity contribution in [3.8, 4) is 5.75 Å². The highest BCUT2D eigenvalue weighted by molar-refractivity contribution is 9.08. The Hall–Kier alpha value is -1.24. The normalized spacial score (nSPS) is 12.0. The number of aromatic nitrogens is 2. The van der Waals surface area contributed by atoms with Gasteiger partial charge in [0.05, 0.1) is 11.8 Å².